The Morgan fingerprint density at radius 3 is 1.90 bits per heavy atom. The molecule has 0 spiro atoms. The van der Waals surface area contributed by atoms with Crippen LogP contribution in [-0.2, 0) is 9.53 Å². The highest BCUT2D eigenvalue weighted by Crippen LogP contribution is 1.69. The molecule has 0 heterocycles. The quantitative estimate of drug-likeness (QED) is 0.591. The Labute approximate surface area is 62.5 Å². The van der Waals surface area contributed by atoms with Gasteiger partial charge in [-0.05, 0) is 19.9 Å². The van der Waals surface area contributed by atoms with Crippen LogP contribution in [0, 0.1) is 0 Å². The van der Waals surface area contributed by atoms with Gasteiger partial charge in [-0.15, -0.1) is 0 Å². The number of hydrogen-bond donors (Lipinski definition) is 1. The maximum atomic E-state index is 9.82. The zero-order chi connectivity index (χ0) is 8.41. The van der Waals surface area contributed by atoms with Gasteiger partial charge in [0.1, 0.15) is 0 Å². The van der Waals surface area contributed by atoms with Crippen molar-refractivity contribution in [3.8, 4) is 0 Å². The average molecular weight is 147 g/mol. The fourth-order valence-corrected chi connectivity index (χ4v) is 0.203. The smallest absolute Gasteiger partial charge is 0.302 e. The first kappa shape index (κ1) is 12.1. The zero-order valence-corrected chi connectivity index (χ0v) is 7.02. The minimum atomic E-state index is -0.211. The minimum Gasteiger partial charge on any atom is -0.466 e. The van der Waals surface area contributed by atoms with Crippen molar-refractivity contribution >= 4 is 5.97 Å². The molecule has 0 saturated heterocycles. The summed E-state index contributed by atoms with van der Waals surface area (Å²) in [7, 11) is 0. The van der Waals surface area contributed by atoms with Gasteiger partial charge < -0.3 is 10.5 Å². The first-order valence-corrected chi connectivity index (χ1v) is 3.52. The lowest BCUT2D eigenvalue weighted by Crippen LogP contribution is -1.95. The van der Waals surface area contributed by atoms with Crippen LogP contribution >= 0.6 is 0 Å². The Balaban J connectivity index is 0. The summed E-state index contributed by atoms with van der Waals surface area (Å²) in [5.74, 6) is -0.211. The Hall–Kier alpha value is -0.570. The Kier molecular flexibility index (Phi) is 13.7. The molecule has 0 aromatic rings. The van der Waals surface area contributed by atoms with Crippen LogP contribution in [-0.4, -0.2) is 19.1 Å². The monoisotopic (exact) mass is 147 g/mol. The summed E-state index contributed by atoms with van der Waals surface area (Å²) in [6, 6.07) is 0. The van der Waals surface area contributed by atoms with Gasteiger partial charge in [-0.1, -0.05) is 6.92 Å². The van der Waals surface area contributed by atoms with Crippen LogP contribution in [0.1, 0.15) is 27.2 Å². The molecule has 62 valence electrons. The van der Waals surface area contributed by atoms with Crippen molar-refractivity contribution in [2.75, 3.05) is 13.2 Å². The molecule has 0 aliphatic carbocycles. The molecular formula is C7H17NO2. The summed E-state index contributed by atoms with van der Waals surface area (Å²) in [6.45, 7) is 6.53. The molecule has 0 fully saturated rings. The Morgan fingerprint density at radius 2 is 1.90 bits per heavy atom. The van der Waals surface area contributed by atoms with Crippen molar-refractivity contribution in [1.82, 2.24) is 0 Å². The van der Waals surface area contributed by atoms with Crippen molar-refractivity contribution in [3.63, 3.8) is 0 Å². The third-order valence-corrected chi connectivity index (χ3v) is 0.636. The van der Waals surface area contributed by atoms with Gasteiger partial charge in [0.15, 0.2) is 0 Å². The number of nitrogens with two attached hydrogens (primary N) is 1. The van der Waals surface area contributed by atoms with E-state index in [0.717, 1.165) is 13.0 Å². The number of ether oxygens (including phenoxy) is 1. The van der Waals surface area contributed by atoms with Gasteiger partial charge in [-0.3, -0.25) is 4.79 Å². The summed E-state index contributed by atoms with van der Waals surface area (Å²) < 4.78 is 4.40. The highest BCUT2D eigenvalue weighted by atomic mass is 16.5. The molecule has 0 radical (unpaired) electrons. The van der Waals surface area contributed by atoms with Gasteiger partial charge in [0.2, 0.25) is 0 Å². The van der Waals surface area contributed by atoms with E-state index in [1.54, 1.807) is 6.92 Å². The number of esters is 1. The molecule has 0 atom stereocenters. The van der Waals surface area contributed by atoms with Gasteiger partial charge in [0.05, 0.1) is 6.61 Å². The van der Waals surface area contributed by atoms with E-state index in [2.05, 4.69) is 11.7 Å². The third kappa shape index (κ3) is 26.1. The van der Waals surface area contributed by atoms with Crippen LogP contribution in [0.3, 0.4) is 0 Å². The number of carbonyl (C=O) groups excluding carboxylic acids is 1. The van der Waals surface area contributed by atoms with Crippen LogP contribution in [0.4, 0.5) is 0 Å². The number of carbonyl (C=O) groups is 1. The molecule has 0 unspecified atom stereocenters. The highest BCUT2D eigenvalue weighted by Gasteiger charge is 1.81. The van der Waals surface area contributed by atoms with Gasteiger partial charge in [0, 0.05) is 6.92 Å². The fraction of sp³-hybridized carbons (Fsp3) is 0.857. The molecule has 3 nitrogen and oxygen atoms in total. The van der Waals surface area contributed by atoms with Crippen molar-refractivity contribution in [2.24, 2.45) is 5.73 Å². The van der Waals surface area contributed by atoms with Crippen LogP contribution in [0.2, 0.25) is 0 Å². The zero-order valence-electron chi connectivity index (χ0n) is 7.02. The predicted octanol–water partition coefficient (Wildman–Crippen LogP) is 0.924. The highest BCUT2D eigenvalue weighted by molar-refractivity contribution is 5.65. The molecule has 0 saturated carbocycles. The summed E-state index contributed by atoms with van der Waals surface area (Å²) in [6.07, 6.45) is 1.10. The van der Waals surface area contributed by atoms with Crippen molar-refractivity contribution in [2.45, 2.75) is 27.2 Å². The van der Waals surface area contributed by atoms with Gasteiger partial charge >= 0.3 is 5.97 Å². The van der Waals surface area contributed by atoms with E-state index in [1.807, 2.05) is 0 Å². The maximum absolute atomic E-state index is 9.82. The molecule has 3 heteroatoms. The SMILES string of the molecule is CCCN.CCOC(C)=O. The van der Waals surface area contributed by atoms with Gasteiger partial charge in [-0.2, -0.15) is 0 Å². The molecule has 0 bridgehead atoms. The lowest BCUT2D eigenvalue weighted by molar-refractivity contribution is -0.140. The van der Waals surface area contributed by atoms with Crippen LogP contribution < -0.4 is 5.73 Å². The fourth-order valence-electron chi connectivity index (χ4n) is 0.203. The van der Waals surface area contributed by atoms with Crippen molar-refractivity contribution < 1.29 is 9.53 Å². The molecule has 0 aliphatic rings. The summed E-state index contributed by atoms with van der Waals surface area (Å²) in [4.78, 5) is 9.82. The summed E-state index contributed by atoms with van der Waals surface area (Å²) in [5.41, 5.74) is 5.03. The molecule has 10 heavy (non-hydrogen) atoms. The van der Waals surface area contributed by atoms with Gasteiger partial charge in [-0.25, -0.2) is 0 Å². The minimum absolute atomic E-state index is 0.211. The molecule has 2 N–H and O–H groups in total. The molecule has 0 aromatic heterocycles. The second kappa shape index (κ2) is 11.3. The standard InChI is InChI=1S/C4H8O2.C3H9N/c1-3-6-4(2)5;1-2-3-4/h3H2,1-2H3;2-4H2,1H3. The van der Waals surface area contributed by atoms with Crippen molar-refractivity contribution in [1.29, 1.82) is 0 Å². The third-order valence-electron chi connectivity index (χ3n) is 0.636. The molecular weight excluding hydrogens is 130 g/mol. The lowest BCUT2D eigenvalue weighted by atomic mass is 10.5. The normalized spacial score (nSPS) is 7.60. The topological polar surface area (TPSA) is 52.3 Å². The lowest BCUT2D eigenvalue weighted by Gasteiger charge is -1.89. The number of rotatable bonds is 2. The second-order valence-electron chi connectivity index (χ2n) is 1.71. The van der Waals surface area contributed by atoms with E-state index in [0.29, 0.717) is 6.61 Å². The Morgan fingerprint density at radius 1 is 1.50 bits per heavy atom. The maximum Gasteiger partial charge on any atom is 0.302 e. The van der Waals surface area contributed by atoms with Crippen LogP contribution in [0.5, 0.6) is 0 Å². The van der Waals surface area contributed by atoms with Crippen LogP contribution in [0.15, 0.2) is 0 Å². The molecule has 0 aliphatic heterocycles. The predicted molar refractivity (Wildman–Crippen MR) is 41.7 cm³/mol. The molecule has 0 aromatic carbocycles. The van der Waals surface area contributed by atoms with Gasteiger partial charge in [0.25, 0.3) is 0 Å². The van der Waals surface area contributed by atoms with E-state index in [9.17, 15) is 4.79 Å². The van der Waals surface area contributed by atoms with E-state index < -0.39 is 0 Å². The first-order valence-electron chi connectivity index (χ1n) is 3.52. The van der Waals surface area contributed by atoms with E-state index in [-0.39, 0.29) is 5.97 Å². The Bertz CT molecular complexity index is 72.0. The molecule has 0 amide bonds. The summed E-state index contributed by atoms with van der Waals surface area (Å²) in [5, 5.41) is 0. The first-order chi connectivity index (χ1) is 4.68. The van der Waals surface area contributed by atoms with E-state index in [4.69, 9.17) is 5.73 Å². The van der Waals surface area contributed by atoms with Crippen LogP contribution in [0.25, 0.3) is 0 Å². The average Bonchev–Trinajstić information content (AvgIpc) is 1.89. The van der Waals surface area contributed by atoms with Crippen molar-refractivity contribution in [3.05, 3.63) is 0 Å². The second-order valence-corrected chi connectivity index (χ2v) is 1.71. The van der Waals surface area contributed by atoms with E-state index in [1.165, 1.54) is 6.92 Å². The largest absolute Gasteiger partial charge is 0.466 e. The molecule has 0 rings (SSSR count). The summed E-state index contributed by atoms with van der Waals surface area (Å²) >= 11 is 0. The van der Waals surface area contributed by atoms with E-state index >= 15 is 0 Å². The number of hydrogen-bond acceptors (Lipinski definition) is 3.